The van der Waals surface area contributed by atoms with Crippen LogP contribution in [0.2, 0.25) is 0 Å². The second-order valence-corrected chi connectivity index (χ2v) is 6.98. The molecule has 3 N–H and O–H groups in total. The molecular weight excluding hydrogens is 384 g/mol. The van der Waals surface area contributed by atoms with Crippen molar-refractivity contribution in [1.82, 2.24) is 15.0 Å². The van der Waals surface area contributed by atoms with Crippen LogP contribution in [0.15, 0.2) is 69.3 Å². The molecule has 1 aliphatic rings. The van der Waals surface area contributed by atoms with E-state index in [1.54, 1.807) is 0 Å². The molecule has 0 aliphatic carbocycles. The molecule has 2 heterocycles. The zero-order valence-electron chi connectivity index (χ0n) is 16.5. The first-order valence-electron chi connectivity index (χ1n) is 9.72. The van der Waals surface area contributed by atoms with Gasteiger partial charge in [0.15, 0.2) is 0 Å². The molecule has 0 fully saturated rings. The normalized spacial score (nSPS) is 15.5. The first kappa shape index (κ1) is 19.5. The number of hydrogen-bond donors (Lipinski definition) is 3. The highest BCUT2D eigenvalue weighted by atomic mass is 16.5. The van der Waals surface area contributed by atoms with Crippen LogP contribution in [0, 0.1) is 0 Å². The smallest absolute Gasteiger partial charge is 0.331 e. The van der Waals surface area contributed by atoms with Gasteiger partial charge in [0.2, 0.25) is 5.88 Å². The van der Waals surface area contributed by atoms with E-state index in [-0.39, 0.29) is 24.0 Å². The average Bonchev–Trinajstić information content (AvgIpc) is 3.22. The first-order chi connectivity index (χ1) is 14.6. The summed E-state index contributed by atoms with van der Waals surface area (Å²) >= 11 is 0. The summed E-state index contributed by atoms with van der Waals surface area (Å²) in [6.45, 7) is 2.65. The number of aromatic hydroxyl groups is 1. The lowest BCUT2D eigenvalue weighted by atomic mass is 10.00. The maximum atomic E-state index is 12.5. The maximum Gasteiger partial charge on any atom is 0.331 e. The van der Waals surface area contributed by atoms with Gasteiger partial charge in [-0.1, -0.05) is 42.5 Å². The minimum atomic E-state index is -0.667. The summed E-state index contributed by atoms with van der Waals surface area (Å²) in [5, 5.41) is 15.0. The van der Waals surface area contributed by atoms with Crippen LogP contribution < -0.4 is 21.4 Å². The van der Waals surface area contributed by atoms with Crippen LogP contribution >= 0.6 is 0 Å². The molecule has 4 rings (SSSR count). The van der Waals surface area contributed by atoms with E-state index >= 15 is 0 Å². The molecule has 0 spiro atoms. The van der Waals surface area contributed by atoms with Gasteiger partial charge < -0.3 is 15.3 Å². The number of aromatic nitrogens is 2. The molecule has 8 nitrogen and oxygen atoms in total. The van der Waals surface area contributed by atoms with Gasteiger partial charge in [-0.15, -0.1) is 0 Å². The molecule has 0 bridgehead atoms. The van der Waals surface area contributed by atoms with Gasteiger partial charge in [0, 0.05) is 6.42 Å². The molecule has 1 atom stereocenters. The van der Waals surface area contributed by atoms with Crippen LogP contribution in [0.4, 0.5) is 0 Å². The largest absolute Gasteiger partial charge is 0.494 e. The highest BCUT2D eigenvalue weighted by molar-refractivity contribution is 6.03. The predicted octanol–water partition coefficient (Wildman–Crippen LogP) is 2.13. The van der Waals surface area contributed by atoms with Crippen molar-refractivity contribution in [2.75, 3.05) is 6.61 Å². The van der Waals surface area contributed by atoms with Gasteiger partial charge in [-0.2, -0.15) is 5.10 Å². The van der Waals surface area contributed by atoms with E-state index < -0.39 is 11.2 Å². The molecule has 3 aromatic rings. The summed E-state index contributed by atoms with van der Waals surface area (Å²) in [5.74, 6) is 0.392. The van der Waals surface area contributed by atoms with Crippen LogP contribution in [0.25, 0.3) is 0 Å². The topological polar surface area (TPSA) is 109 Å². The van der Waals surface area contributed by atoms with Crippen molar-refractivity contribution in [2.45, 2.75) is 25.9 Å². The van der Waals surface area contributed by atoms with Gasteiger partial charge in [0.1, 0.15) is 11.3 Å². The van der Waals surface area contributed by atoms with Crippen LogP contribution in [0.3, 0.4) is 0 Å². The van der Waals surface area contributed by atoms with E-state index in [0.29, 0.717) is 18.7 Å². The Labute approximate surface area is 172 Å². The Bertz CT molecular complexity index is 1180. The number of aromatic amines is 1. The molecular formula is C22H22N4O4. The Morgan fingerprint density at radius 1 is 1.13 bits per heavy atom. The molecule has 0 radical (unpaired) electrons. The zero-order chi connectivity index (χ0) is 21.1. The third-order valence-corrected chi connectivity index (χ3v) is 4.99. The Morgan fingerprint density at radius 2 is 1.87 bits per heavy atom. The van der Waals surface area contributed by atoms with Gasteiger partial charge in [-0.05, 0) is 30.2 Å². The number of nitrogens with one attached hydrogen (secondary N) is 2. The standard InChI is InChI=1S/C22H22N4O4/c1-2-30-16-10-8-15(9-11-16)17-12-18(25-24-17)19-20(27)23-22(29)26(21(19)28)13-14-6-4-3-5-7-14/h3-11,17,24,28H,2,12-13H2,1H3,(H,23,27,29). The lowest BCUT2D eigenvalue weighted by Crippen LogP contribution is -2.34. The summed E-state index contributed by atoms with van der Waals surface area (Å²) in [6, 6.07) is 16.7. The molecule has 0 amide bonds. The second kappa shape index (κ2) is 8.28. The molecule has 1 aliphatic heterocycles. The van der Waals surface area contributed by atoms with Crippen molar-refractivity contribution in [3.05, 3.63) is 92.1 Å². The summed E-state index contributed by atoms with van der Waals surface area (Å²) in [4.78, 5) is 27.0. The monoisotopic (exact) mass is 406 g/mol. The Balaban J connectivity index is 1.60. The molecule has 8 heteroatoms. The lowest BCUT2D eigenvalue weighted by Gasteiger charge is -2.12. The number of hydrogen-bond acceptors (Lipinski definition) is 6. The van der Waals surface area contributed by atoms with Crippen molar-refractivity contribution in [3.8, 4) is 11.6 Å². The molecule has 0 saturated carbocycles. The summed E-state index contributed by atoms with van der Waals surface area (Å²) in [7, 11) is 0. The molecule has 1 aromatic heterocycles. The number of benzene rings is 2. The van der Waals surface area contributed by atoms with Crippen molar-refractivity contribution in [2.24, 2.45) is 5.10 Å². The van der Waals surface area contributed by atoms with Crippen molar-refractivity contribution in [3.63, 3.8) is 0 Å². The van der Waals surface area contributed by atoms with Crippen LogP contribution in [0.1, 0.15) is 36.1 Å². The molecule has 30 heavy (non-hydrogen) atoms. The highest BCUT2D eigenvalue weighted by Gasteiger charge is 2.27. The quantitative estimate of drug-likeness (QED) is 0.581. The lowest BCUT2D eigenvalue weighted by molar-refractivity contribution is 0.340. The maximum absolute atomic E-state index is 12.5. The van der Waals surface area contributed by atoms with Crippen LogP contribution in [0.5, 0.6) is 11.6 Å². The Kier molecular flexibility index (Phi) is 5.38. The first-order valence-corrected chi connectivity index (χ1v) is 9.72. The fourth-order valence-corrected chi connectivity index (χ4v) is 3.49. The van der Waals surface area contributed by atoms with Crippen LogP contribution in [-0.2, 0) is 6.54 Å². The van der Waals surface area contributed by atoms with E-state index in [4.69, 9.17) is 4.74 Å². The number of H-pyrrole nitrogens is 1. The van der Waals surface area contributed by atoms with Crippen molar-refractivity contribution >= 4 is 5.71 Å². The van der Waals surface area contributed by atoms with E-state index in [2.05, 4.69) is 15.5 Å². The van der Waals surface area contributed by atoms with E-state index in [1.807, 2.05) is 61.5 Å². The number of rotatable bonds is 6. The van der Waals surface area contributed by atoms with Crippen molar-refractivity contribution in [1.29, 1.82) is 0 Å². The van der Waals surface area contributed by atoms with Gasteiger partial charge in [0.25, 0.3) is 5.56 Å². The summed E-state index contributed by atoms with van der Waals surface area (Å²) in [6.07, 6.45) is 0.397. The Hall–Kier alpha value is -3.81. The molecule has 0 saturated heterocycles. The summed E-state index contributed by atoms with van der Waals surface area (Å²) in [5.41, 5.74) is 3.89. The third kappa shape index (κ3) is 3.84. The predicted molar refractivity (Wildman–Crippen MR) is 113 cm³/mol. The van der Waals surface area contributed by atoms with Gasteiger partial charge >= 0.3 is 5.69 Å². The third-order valence-electron chi connectivity index (χ3n) is 4.99. The van der Waals surface area contributed by atoms with E-state index in [9.17, 15) is 14.7 Å². The second-order valence-electron chi connectivity index (χ2n) is 6.98. The number of ether oxygens (including phenoxy) is 1. The number of hydrazone groups is 1. The van der Waals surface area contributed by atoms with E-state index in [0.717, 1.165) is 21.4 Å². The van der Waals surface area contributed by atoms with Gasteiger partial charge in [-0.3, -0.25) is 14.3 Å². The summed E-state index contributed by atoms with van der Waals surface area (Å²) < 4.78 is 6.60. The van der Waals surface area contributed by atoms with Crippen LogP contribution in [-0.4, -0.2) is 27.0 Å². The zero-order valence-corrected chi connectivity index (χ0v) is 16.5. The van der Waals surface area contributed by atoms with E-state index in [1.165, 1.54) is 0 Å². The van der Waals surface area contributed by atoms with Crippen molar-refractivity contribution < 1.29 is 9.84 Å². The minimum absolute atomic E-state index is 0.00599. The highest BCUT2D eigenvalue weighted by Crippen LogP contribution is 2.27. The fourth-order valence-electron chi connectivity index (χ4n) is 3.49. The SMILES string of the molecule is CCOc1ccc(C2CC(c3c(O)n(Cc4ccccc4)c(=O)[nH]c3=O)=NN2)cc1. The minimum Gasteiger partial charge on any atom is -0.494 e. The Morgan fingerprint density at radius 3 is 2.57 bits per heavy atom. The molecule has 2 aromatic carbocycles. The fraction of sp³-hybridized carbons (Fsp3) is 0.227. The average molecular weight is 406 g/mol. The molecule has 154 valence electrons. The molecule has 1 unspecified atom stereocenters. The van der Waals surface area contributed by atoms with Gasteiger partial charge in [0.05, 0.1) is 24.9 Å². The van der Waals surface area contributed by atoms with Gasteiger partial charge in [-0.25, -0.2) is 4.79 Å². The number of nitrogens with zero attached hydrogens (tertiary/aromatic N) is 2.